The number of phenols is 1. The van der Waals surface area contributed by atoms with E-state index in [0.29, 0.717) is 5.75 Å². The Balaban J connectivity index is 1.73. The van der Waals surface area contributed by atoms with Crippen molar-refractivity contribution in [2.75, 3.05) is 17.7 Å². The Morgan fingerprint density at radius 3 is 1.88 bits per heavy atom. The summed E-state index contributed by atoms with van der Waals surface area (Å²) in [5.74, 6) is -15.2. The Kier molecular flexibility index (Phi) is 8.78. The molecule has 4 N–H and O–H groups in total. The second-order valence-corrected chi connectivity index (χ2v) is 8.81. The molecule has 0 saturated heterocycles. The molecule has 43 heavy (non-hydrogen) atoms. The predicted octanol–water partition coefficient (Wildman–Crippen LogP) is 6.27. The number of anilines is 2. The maximum Gasteiger partial charge on any atom is 0.278 e. The molecule has 0 aliphatic rings. The van der Waals surface area contributed by atoms with E-state index in [4.69, 9.17) is 9.47 Å². The molecule has 0 spiro atoms. The summed E-state index contributed by atoms with van der Waals surface area (Å²) in [4.78, 5) is 25.6. The summed E-state index contributed by atoms with van der Waals surface area (Å²) in [6, 6.07) is 14.0. The average Bonchev–Trinajstić information content (AvgIpc) is 2.99. The van der Waals surface area contributed by atoms with Gasteiger partial charge in [-0.15, -0.1) is 0 Å². The number of oxime groups is 1. The van der Waals surface area contributed by atoms with Gasteiger partial charge in [-0.25, -0.2) is 22.0 Å². The van der Waals surface area contributed by atoms with Gasteiger partial charge in [-0.1, -0.05) is 35.0 Å². The number of amides is 2. The minimum absolute atomic E-state index is 0.104. The van der Waals surface area contributed by atoms with E-state index in [9.17, 15) is 41.9 Å². The van der Waals surface area contributed by atoms with E-state index >= 15 is 0 Å². The van der Waals surface area contributed by atoms with Crippen LogP contribution in [0.3, 0.4) is 0 Å². The van der Waals surface area contributed by atoms with E-state index in [1.54, 1.807) is 19.1 Å². The number of methoxy groups -OCH3 is 1. The molecule has 0 radical (unpaired) electrons. The molecular formula is C29H20F5N3O6. The van der Waals surface area contributed by atoms with Crippen molar-refractivity contribution in [3.63, 3.8) is 0 Å². The molecule has 14 heteroatoms. The van der Waals surface area contributed by atoms with Crippen LogP contribution in [0.5, 0.6) is 23.0 Å². The lowest BCUT2D eigenvalue weighted by Gasteiger charge is -2.17. The number of hydrogen-bond donors (Lipinski definition) is 4. The summed E-state index contributed by atoms with van der Waals surface area (Å²) in [5.41, 5.74) is -1.95. The van der Waals surface area contributed by atoms with Gasteiger partial charge in [-0.3, -0.25) is 9.59 Å². The van der Waals surface area contributed by atoms with Crippen molar-refractivity contribution < 1.29 is 51.3 Å². The third-order valence-electron chi connectivity index (χ3n) is 5.96. The first-order valence-corrected chi connectivity index (χ1v) is 12.1. The first-order valence-electron chi connectivity index (χ1n) is 12.1. The number of nitrogens with one attached hydrogen (secondary N) is 2. The Morgan fingerprint density at radius 1 is 0.767 bits per heavy atom. The number of carbonyl (C=O) groups excluding carboxylic acids is 2. The lowest BCUT2D eigenvalue weighted by Crippen LogP contribution is -2.24. The van der Waals surface area contributed by atoms with Crippen LogP contribution < -0.4 is 20.1 Å². The molecule has 0 aliphatic carbocycles. The zero-order chi connectivity index (χ0) is 31.4. The van der Waals surface area contributed by atoms with Crippen molar-refractivity contribution in [1.29, 1.82) is 0 Å². The normalized spacial score (nSPS) is 11.2. The third-order valence-corrected chi connectivity index (χ3v) is 5.96. The Hall–Kier alpha value is -5.66. The number of nitrogens with zero attached hydrogens (tertiary/aromatic N) is 1. The van der Waals surface area contributed by atoms with Gasteiger partial charge < -0.3 is 30.4 Å². The summed E-state index contributed by atoms with van der Waals surface area (Å²) in [5, 5.41) is 27.4. The predicted molar refractivity (Wildman–Crippen MR) is 143 cm³/mol. The first kappa shape index (κ1) is 30.3. The number of aryl methyl sites for hydroxylation is 1. The van der Waals surface area contributed by atoms with Crippen molar-refractivity contribution in [2.45, 2.75) is 6.92 Å². The van der Waals surface area contributed by atoms with Crippen LogP contribution in [-0.2, 0) is 4.79 Å². The van der Waals surface area contributed by atoms with Gasteiger partial charge in [0.25, 0.3) is 11.8 Å². The molecule has 9 nitrogen and oxygen atoms in total. The Morgan fingerprint density at radius 2 is 1.33 bits per heavy atom. The van der Waals surface area contributed by atoms with E-state index in [1.807, 2.05) is 5.32 Å². The molecule has 0 fully saturated rings. The van der Waals surface area contributed by atoms with Crippen molar-refractivity contribution in [3.8, 4) is 23.0 Å². The van der Waals surface area contributed by atoms with Gasteiger partial charge in [-0.05, 0) is 31.2 Å². The molecule has 0 aromatic heterocycles. The molecule has 4 rings (SSSR count). The third kappa shape index (κ3) is 6.32. The SMILES string of the molecule is COc1ccc(Oc2cc(NC(=O)/C(=N\O)c3ccc(C)cc3)c(O)cc2NC(=O)c2c(F)c(F)c(F)c(F)c2F)cc1. The fourth-order valence-electron chi connectivity index (χ4n) is 3.74. The topological polar surface area (TPSA) is 129 Å². The monoisotopic (exact) mass is 601 g/mol. The van der Waals surface area contributed by atoms with Crippen LogP contribution in [0.15, 0.2) is 65.8 Å². The maximum atomic E-state index is 14.3. The van der Waals surface area contributed by atoms with E-state index in [0.717, 1.165) is 17.7 Å². The van der Waals surface area contributed by atoms with E-state index < -0.39 is 63.6 Å². The number of hydrogen-bond acceptors (Lipinski definition) is 7. The van der Waals surface area contributed by atoms with Crippen LogP contribution in [-0.4, -0.2) is 34.9 Å². The van der Waals surface area contributed by atoms with Gasteiger partial charge in [0, 0.05) is 17.7 Å². The molecule has 0 unspecified atom stereocenters. The Labute approximate surface area is 239 Å². The van der Waals surface area contributed by atoms with E-state index in [2.05, 4.69) is 10.5 Å². The lowest BCUT2D eigenvalue weighted by molar-refractivity contribution is -0.110. The number of ether oxygens (including phenoxy) is 2. The molecular weight excluding hydrogens is 581 g/mol. The largest absolute Gasteiger partial charge is 0.506 e. The van der Waals surface area contributed by atoms with Gasteiger partial charge in [0.1, 0.15) is 22.8 Å². The number of phenolic OH excluding ortho intramolecular Hbond substituents is 1. The van der Waals surface area contributed by atoms with Crippen LogP contribution >= 0.6 is 0 Å². The molecule has 4 aromatic carbocycles. The molecule has 0 heterocycles. The summed E-state index contributed by atoms with van der Waals surface area (Å²) in [7, 11) is 1.42. The fraction of sp³-hybridized carbons (Fsp3) is 0.0690. The fourth-order valence-corrected chi connectivity index (χ4v) is 3.74. The molecule has 0 atom stereocenters. The van der Waals surface area contributed by atoms with Gasteiger partial charge in [0.2, 0.25) is 5.82 Å². The molecule has 0 bridgehead atoms. The van der Waals surface area contributed by atoms with Crippen molar-refractivity contribution in [3.05, 3.63) is 106 Å². The molecule has 2 amide bonds. The quantitative estimate of drug-likeness (QED) is 0.0359. The number of halogens is 5. The van der Waals surface area contributed by atoms with Crippen LogP contribution in [0.2, 0.25) is 0 Å². The average molecular weight is 601 g/mol. The van der Waals surface area contributed by atoms with Gasteiger partial charge in [0.05, 0.1) is 18.5 Å². The zero-order valence-electron chi connectivity index (χ0n) is 22.1. The lowest BCUT2D eigenvalue weighted by atomic mass is 10.1. The van der Waals surface area contributed by atoms with Gasteiger partial charge in [-0.2, -0.15) is 0 Å². The summed E-state index contributed by atoms with van der Waals surface area (Å²) in [6.45, 7) is 1.80. The van der Waals surface area contributed by atoms with Crippen molar-refractivity contribution in [1.82, 2.24) is 0 Å². The highest BCUT2D eigenvalue weighted by Crippen LogP contribution is 2.39. The second-order valence-electron chi connectivity index (χ2n) is 8.81. The summed E-state index contributed by atoms with van der Waals surface area (Å²) < 4.78 is 80.3. The molecule has 0 aliphatic heterocycles. The van der Waals surface area contributed by atoms with Crippen LogP contribution in [0.4, 0.5) is 33.3 Å². The molecule has 4 aromatic rings. The highest BCUT2D eigenvalue weighted by Gasteiger charge is 2.30. The summed E-state index contributed by atoms with van der Waals surface area (Å²) >= 11 is 0. The maximum absolute atomic E-state index is 14.3. The number of benzene rings is 4. The minimum Gasteiger partial charge on any atom is -0.506 e. The van der Waals surface area contributed by atoms with Crippen molar-refractivity contribution >= 4 is 28.9 Å². The molecule has 0 saturated carbocycles. The number of rotatable bonds is 8. The molecule has 222 valence electrons. The van der Waals surface area contributed by atoms with Crippen LogP contribution in [0, 0.1) is 36.0 Å². The number of carbonyl (C=O) groups is 2. The number of aromatic hydroxyl groups is 1. The van der Waals surface area contributed by atoms with Crippen LogP contribution in [0.25, 0.3) is 0 Å². The standard InChI is InChI=1S/C29H20F5N3O6/c1-13-3-5-14(6-4-13)27(37-41)29(40)35-17-12-20(43-16-9-7-15(42-2)8-10-16)18(11-19(17)38)36-28(39)21-22(30)24(32)26(34)25(33)23(21)31/h3-12,38,41H,1-2H3,(H,35,40)(H,36,39)/b37-27-. The van der Waals surface area contributed by atoms with E-state index in [-0.39, 0.29) is 22.7 Å². The van der Waals surface area contributed by atoms with Crippen LogP contribution in [0.1, 0.15) is 21.5 Å². The highest BCUT2D eigenvalue weighted by molar-refractivity contribution is 6.48. The van der Waals surface area contributed by atoms with Crippen molar-refractivity contribution in [2.24, 2.45) is 5.16 Å². The van der Waals surface area contributed by atoms with Gasteiger partial charge >= 0.3 is 0 Å². The minimum atomic E-state index is -2.45. The second kappa shape index (κ2) is 12.5. The van der Waals surface area contributed by atoms with E-state index in [1.165, 1.54) is 43.5 Å². The smallest absolute Gasteiger partial charge is 0.278 e. The van der Waals surface area contributed by atoms with Gasteiger partial charge in [0.15, 0.2) is 34.7 Å². The zero-order valence-corrected chi connectivity index (χ0v) is 22.1. The Bertz CT molecular complexity index is 1720. The first-order chi connectivity index (χ1) is 20.4. The summed E-state index contributed by atoms with van der Waals surface area (Å²) in [6.07, 6.45) is 0. The highest BCUT2D eigenvalue weighted by atomic mass is 19.2.